The Morgan fingerprint density at radius 1 is 1.20 bits per heavy atom. The van der Waals surface area contributed by atoms with Crippen LogP contribution in [0.2, 0.25) is 0 Å². The summed E-state index contributed by atoms with van der Waals surface area (Å²) in [7, 11) is 0. The van der Waals surface area contributed by atoms with Crippen LogP contribution in [0.4, 0.5) is 0 Å². The van der Waals surface area contributed by atoms with Crippen LogP contribution in [0.25, 0.3) is 0 Å². The summed E-state index contributed by atoms with van der Waals surface area (Å²) >= 11 is 0. The molecule has 0 heterocycles. The van der Waals surface area contributed by atoms with Crippen molar-refractivity contribution in [2.75, 3.05) is 6.61 Å². The first kappa shape index (κ1) is 9.92. The third kappa shape index (κ3) is 6.05. The van der Waals surface area contributed by atoms with Crippen molar-refractivity contribution in [3.63, 3.8) is 0 Å². The molecular weight excluding hydrogens is 128 g/mol. The van der Waals surface area contributed by atoms with Crippen LogP contribution in [-0.4, -0.2) is 22.9 Å². The Hall–Kier alpha value is -0.0800. The van der Waals surface area contributed by atoms with Gasteiger partial charge in [-0.25, -0.2) is 0 Å². The molecule has 2 N–H and O–H groups in total. The van der Waals surface area contributed by atoms with Gasteiger partial charge in [0.2, 0.25) is 0 Å². The number of rotatable bonds is 6. The zero-order chi connectivity index (χ0) is 7.82. The fraction of sp³-hybridized carbons (Fsp3) is 1.00. The van der Waals surface area contributed by atoms with Crippen molar-refractivity contribution < 1.29 is 10.2 Å². The van der Waals surface area contributed by atoms with Crippen LogP contribution in [0.15, 0.2) is 0 Å². The van der Waals surface area contributed by atoms with E-state index in [1.807, 2.05) is 0 Å². The van der Waals surface area contributed by atoms with Gasteiger partial charge in [-0.1, -0.05) is 26.2 Å². The van der Waals surface area contributed by atoms with E-state index in [2.05, 4.69) is 6.92 Å². The summed E-state index contributed by atoms with van der Waals surface area (Å²) in [5.41, 5.74) is 0. The van der Waals surface area contributed by atoms with Crippen molar-refractivity contribution in [1.82, 2.24) is 0 Å². The predicted molar refractivity (Wildman–Crippen MR) is 41.9 cm³/mol. The van der Waals surface area contributed by atoms with E-state index in [4.69, 9.17) is 10.2 Å². The van der Waals surface area contributed by atoms with Crippen LogP contribution in [0.1, 0.15) is 39.0 Å². The molecule has 0 spiro atoms. The summed E-state index contributed by atoms with van der Waals surface area (Å²) < 4.78 is 0. The molecule has 0 radical (unpaired) electrons. The molecule has 1 unspecified atom stereocenters. The second-order valence-corrected chi connectivity index (χ2v) is 2.66. The number of hydrogen-bond acceptors (Lipinski definition) is 2. The van der Waals surface area contributed by atoms with Crippen molar-refractivity contribution in [1.29, 1.82) is 0 Å². The number of aliphatic hydroxyl groups excluding tert-OH is 2. The molecule has 0 aliphatic rings. The predicted octanol–water partition coefficient (Wildman–Crippen LogP) is 1.31. The Morgan fingerprint density at radius 3 is 2.40 bits per heavy atom. The zero-order valence-corrected chi connectivity index (χ0v) is 6.71. The molecule has 62 valence electrons. The summed E-state index contributed by atoms with van der Waals surface area (Å²) in [5.74, 6) is 0. The highest BCUT2D eigenvalue weighted by Gasteiger charge is 2.00. The van der Waals surface area contributed by atoms with Gasteiger partial charge < -0.3 is 10.2 Å². The molecule has 0 aromatic heterocycles. The molecule has 0 saturated carbocycles. The highest BCUT2D eigenvalue weighted by molar-refractivity contribution is 4.53. The van der Waals surface area contributed by atoms with Crippen molar-refractivity contribution >= 4 is 0 Å². The molecule has 0 aliphatic heterocycles. The average Bonchev–Trinajstić information content (AvgIpc) is 1.89. The van der Waals surface area contributed by atoms with Crippen molar-refractivity contribution in [3.05, 3.63) is 0 Å². The molecule has 0 rings (SSSR count). The van der Waals surface area contributed by atoms with E-state index in [9.17, 15) is 0 Å². The molecular formula is C8H18O2. The van der Waals surface area contributed by atoms with Gasteiger partial charge in [0, 0.05) is 6.61 Å². The second-order valence-electron chi connectivity index (χ2n) is 2.66. The lowest BCUT2D eigenvalue weighted by molar-refractivity contribution is 0.122. The molecule has 0 fully saturated rings. The minimum atomic E-state index is -0.281. The van der Waals surface area contributed by atoms with E-state index >= 15 is 0 Å². The van der Waals surface area contributed by atoms with Gasteiger partial charge in [-0.15, -0.1) is 0 Å². The van der Waals surface area contributed by atoms with Crippen LogP contribution in [0.3, 0.4) is 0 Å². The van der Waals surface area contributed by atoms with Gasteiger partial charge in [-0.2, -0.15) is 0 Å². The summed E-state index contributed by atoms with van der Waals surface area (Å²) in [6.07, 6.45) is 4.54. The molecule has 10 heavy (non-hydrogen) atoms. The summed E-state index contributed by atoms with van der Waals surface area (Å²) in [6.45, 7) is 2.24. The lowest BCUT2D eigenvalue weighted by Gasteiger charge is -2.06. The van der Waals surface area contributed by atoms with Crippen LogP contribution < -0.4 is 0 Å². The van der Waals surface area contributed by atoms with E-state index in [0.717, 1.165) is 12.8 Å². The third-order valence-electron chi connectivity index (χ3n) is 1.60. The largest absolute Gasteiger partial charge is 0.396 e. The summed E-state index contributed by atoms with van der Waals surface area (Å²) in [5, 5.41) is 17.5. The molecule has 2 nitrogen and oxygen atoms in total. The maximum Gasteiger partial charge on any atom is 0.0562 e. The maximum absolute atomic E-state index is 9.12. The number of aliphatic hydroxyl groups is 2. The highest BCUT2D eigenvalue weighted by atomic mass is 16.3. The molecule has 0 aromatic carbocycles. The summed E-state index contributed by atoms with van der Waals surface area (Å²) in [6, 6.07) is 0. The molecule has 0 amide bonds. The maximum atomic E-state index is 9.12. The Labute approximate surface area is 62.9 Å². The lowest BCUT2D eigenvalue weighted by Crippen LogP contribution is -2.07. The van der Waals surface area contributed by atoms with Gasteiger partial charge in [0.1, 0.15) is 0 Å². The van der Waals surface area contributed by atoms with Gasteiger partial charge in [-0.05, 0) is 12.8 Å². The van der Waals surface area contributed by atoms with E-state index in [0.29, 0.717) is 6.42 Å². The number of hydrogen-bond donors (Lipinski definition) is 2. The minimum absolute atomic E-state index is 0.104. The molecule has 0 saturated heterocycles. The van der Waals surface area contributed by atoms with Gasteiger partial charge in [0.05, 0.1) is 6.10 Å². The normalized spacial score (nSPS) is 13.5. The first-order valence-corrected chi connectivity index (χ1v) is 4.10. The molecule has 0 bridgehead atoms. The molecule has 2 heteroatoms. The average molecular weight is 146 g/mol. The monoisotopic (exact) mass is 146 g/mol. The van der Waals surface area contributed by atoms with Crippen molar-refractivity contribution in [3.8, 4) is 0 Å². The van der Waals surface area contributed by atoms with E-state index in [1.165, 1.54) is 12.8 Å². The Morgan fingerprint density at radius 2 is 1.90 bits per heavy atom. The Balaban J connectivity index is 2.97. The summed E-state index contributed by atoms with van der Waals surface area (Å²) in [4.78, 5) is 0. The Bertz CT molecular complexity index is 64.3. The van der Waals surface area contributed by atoms with Crippen molar-refractivity contribution in [2.24, 2.45) is 0 Å². The fourth-order valence-electron chi connectivity index (χ4n) is 0.923. The topological polar surface area (TPSA) is 40.5 Å². The SMILES string of the molecule is CCCCCC(O)CCO. The zero-order valence-electron chi connectivity index (χ0n) is 6.71. The quantitative estimate of drug-likeness (QED) is 0.555. The van der Waals surface area contributed by atoms with Gasteiger partial charge in [0.15, 0.2) is 0 Å². The van der Waals surface area contributed by atoms with Crippen molar-refractivity contribution in [2.45, 2.75) is 45.1 Å². The van der Waals surface area contributed by atoms with E-state index < -0.39 is 0 Å². The van der Waals surface area contributed by atoms with Crippen LogP contribution in [-0.2, 0) is 0 Å². The second kappa shape index (κ2) is 7.03. The highest BCUT2D eigenvalue weighted by Crippen LogP contribution is 2.05. The van der Waals surface area contributed by atoms with E-state index in [-0.39, 0.29) is 12.7 Å². The lowest BCUT2D eigenvalue weighted by atomic mass is 10.1. The van der Waals surface area contributed by atoms with Gasteiger partial charge in [-0.3, -0.25) is 0 Å². The first-order chi connectivity index (χ1) is 4.81. The molecule has 1 atom stereocenters. The van der Waals surface area contributed by atoms with Gasteiger partial charge >= 0.3 is 0 Å². The third-order valence-corrected chi connectivity index (χ3v) is 1.60. The smallest absolute Gasteiger partial charge is 0.0562 e. The minimum Gasteiger partial charge on any atom is -0.396 e. The van der Waals surface area contributed by atoms with Crippen LogP contribution >= 0.6 is 0 Å². The fourth-order valence-corrected chi connectivity index (χ4v) is 0.923. The standard InChI is InChI=1S/C8H18O2/c1-2-3-4-5-8(10)6-7-9/h8-10H,2-7H2,1H3. The first-order valence-electron chi connectivity index (χ1n) is 4.10. The number of unbranched alkanes of at least 4 members (excludes halogenated alkanes) is 2. The van der Waals surface area contributed by atoms with Crippen LogP contribution in [0, 0.1) is 0 Å². The van der Waals surface area contributed by atoms with E-state index in [1.54, 1.807) is 0 Å². The molecule has 0 aromatic rings. The van der Waals surface area contributed by atoms with Crippen LogP contribution in [0.5, 0.6) is 0 Å². The Kier molecular flexibility index (Phi) is 6.98. The van der Waals surface area contributed by atoms with Gasteiger partial charge in [0.25, 0.3) is 0 Å². The molecule has 0 aliphatic carbocycles.